The molecule has 1 saturated carbocycles. The molecule has 0 unspecified atom stereocenters. The zero-order chi connectivity index (χ0) is 16.9. The predicted octanol–water partition coefficient (Wildman–Crippen LogP) is 4.44. The summed E-state index contributed by atoms with van der Waals surface area (Å²) in [6.45, 7) is 2.45. The molecule has 5 nitrogen and oxygen atoms in total. The van der Waals surface area contributed by atoms with Crippen LogP contribution in [0.1, 0.15) is 36.4 Å². The molecule has 128 valence electrons. The molecule has 1 aliphatic rings. The molecule has 1 N–H and O–H groups in total. The minimum Gasteiger partial charge on any atom is -0.488 e. The number of hydrogen-bond acceptors (Lipinski definition) is 4. The van der Waals surface area contributed by atoms with Gasteiger partial charge >= 0.3 is 6.03 Å². The van der Waals surface area contributed by atoms with Gasteiger partial charge < -0.3 is 15.0 Å². The summed E-state index contributed by atoms with van der Waals surface area (Å²) in [7, 11) is 1.77. The first kappa shape index (κ1) is 16.8. The molecular formula is C18H23N3O2S. The Balaban J connectivity index is 1.62. The van der Waals surface area contributed by atoms with Crippen LogP contribution in [-0.4, -0.2) is 29.1 Å². The van der Waals surface area contributed by atoms with Crippen molar-refractivity contribution in [3.63, 3.8) is 0 Å². The summed E-state index contributed by atoms with van der Waals surface area (Å²) >= 11 is 1.59. The third-order valence-corrected chi connectivity index (χ3v) is 4.96. The largest absolute Gasteiger partial charge is 0.488 e. The van der Waals surface area contributed by atoms with Gasteiger partial charge in [0.25, 0.3) is 0 Å². The van der Waals surface area contributed by atoms with Crippen molar-refractivity contribution in [2.45, 2.75) is 45.3 Å². The van der Waals surface area contributed by atoms with E-state index in [9.17, 15) is 4.79 Å². The number of ether oxygens (including phenoxy) is 1. The van der Waals surface area contributed by atoms with Crippen molar-refractivity contribution < 1.29 is 9.53 Å². The molecule has 6 heteroatoms. The van der Waals surface area contributed by atoms with Crippen LogP contribution in [0.25, 0.3) is 0 Å². The van der Waals surface area contributed by atoms with Gasteiger partial charge in [-0.1, -0.05) is 12.1 Å². The van der Waals surface area contributed by atoms with Gasteiger partial charge in [-0.15, -0.1) is 11.3 Å². The van der Waals surface area contributed by atoms with Gasteiger partial charge in [0.15, 0.2) is 0 Å². The highest BCUT2D eigenvalue weighted by Gasteiger charge is 2.19. The number of rotatable bonds is 5. The summed E-state index contributed by atoms with van der Waals surface area (Å²) in [5.41, 5.74) is 1.63. The van der Waals surface area contributed by atoms with E-state index in [2.05, 4.69) is 10.3 Å². The molecule has 1 aromatic heterocycles. The highest BCUT2D eigenvalue weighted by Crippen LogP contribution is 2.29. The second kappa shape index (κ2) is 7.66. The van der Waals surface area contributed by atoms with Gasteiger partial charge in [0.1, 0.15) is 5.75 Å². The molecule has 0 atom stereocenters. The molecule has 0 aliphatic heterocycles. The molecule has 0 radical (unpaired) electrons. The number of hydrogen-bond donors (Lipinski definition) is 1. The second-order valence-electron chi connectivity index (χ2n) is 6.16. The van der Waals surface area contributed by atoms with Crippen LogP contribution in [0.5, 0.6) is 5.75 Å². The lowest BCUT2D eigenvalue weighted by Crippen LogP contribution is -2.31. The Morgan fingerprint density at radius 3 is 2.83 bits per heavy atom. The predicted molar refractivity (Wildman–Crippen MR) is 96.7 cm³/mol. The van der Waals surface area contributed by atoms with Gasteiger partial charge in [0.2, 0.25) is 0 Å². The lowest BCUT2D eigenvalue weighted by molar-refractivity contribution is 0.209. The number of carbonyl (C=O) groups excluding carboxylic acids is 1. The summed E-state index contributed by atoms with van der Waals surface area (Å²) in [4.78, 5) is 18.5. The number of thiazole rings is 1. The van der Waals surface area contributed by atoms with Crippen LogP contribution in [0.3, 0.4) is 0 Å². The number of para-hydroxylation sites is 2. The number of nitrogens with one attached hydrogen (secondary N) is 1. The highest BCUT2D eigenvalue weighted by atomic mass is 32.1. The number of aromatic nitrogens is 1. The zero-order valence-corrected chi connectivity index (χ0v) is 14.9. The van der Waals surface area contributed by atoms with E-state index in [1.807, 2.05) is 36.6 Å². The van der Waals surface area contributed by atoms with Crippen LogP contribution in [0, 0.1) is 6.92 Å². The molecule has 1 aromatic carbocycles. The minimum absolute atomic E-state index is 0.164. The fourth-order valence-corrected chi connectivity index (χ4v) is 3.47. The fourth-order valence-electron chi connectivity index (χ4n) is 2.86. The van der Waals surface area contributed by atoms with Crippen LogP contribution in [0.15, 0.2) is 29.6 Å². The smallest absolute Gasteiger partial charge is 0.322 e. The Kier molecular flexibility index (Phi) is 5.35. The molecule has 0 spiro atoms. The summed E-state index contributed by atoms with van der Waals surface area (Å²) in [6, 6.07) is 7.46. The number of carbonyl (C=O) groups is 1. The first-order chi connectivity index (χ1) is 11.6. The van der Waals surface area contributed by atoms with Crippen LogP contribution < -0.4 is 10.1 Å². The first-order valence-electron chi connectivity index (χ1n) is 8.30. The van der Waals surface area contributed by atoms with Gasteiger partial charge in [0.05, 0.1) is 29.0 Å². The fraction of sp³-hybridized carbons (Fsp3) is 0.444. The Hall–Kier alpha value is -2.08. The number of anilines is 1. The van der Waals surface area contributed by atoms with Gasteiger partial charge in [-0.05, 0) is 44.7 Å². The molecule has 0 bridgehead atoms. The number of urea groups is 1. The maximum atomic E-state index is 12.4. The molecule has 1 heterocycles. The Morgan fingerprint density at radius 1 is 1.38 bits per heavy atom. The van der Waals surface area contributed by atoms with Gasteiger partial charge in [0, 0.05) is 12.4 Å². The lowest BCUT2D eigenvalue weighted by atomic mass is 10.2. The third kappa shape index (κ3) is 4.26. The monoisotopic (exact) mass is 345 g/mol. The lowest BCUT2D eigenvalue weighted by Gasteiger charge is -2.20. The van der Waals surface area contributed by atoms with E-state index in [0.717, 1.165) is 35.0 Å². The summed E-state index contributed by atoms with van der Waals surface area (Å²) < 4.78 is 6.06. The highest BCUT2D eigenvalue weighted by molar-refractivity contribution is 7.09. The minimum atomic E-state index is -0.164. The topological polar surface area (TPSA) is 54.5 Å². The van der Waals surface area contributed by atoms with Crippen LogP contribution >= 0.6 is 11.3 Å². The van der Waals surface area contributed by atoms with Crippen molar-refractivity contribution in [3.05, 3.63) is 40.3 Å². The van der Waals surface area contributed by atoms with Crippen LogP contribution in [0.2, 0.25) is 0 Å². The van der Waals surface area contributed by atoms with Crippen molar-refractivity contribution >= 4 is 23.1 Å². The van der Waals surface area contributed by atoms with Gasteiger partial charge in [-0.2, -0.15) is 0 Å². The summed E-state index contributed by atoms with van der Waals surface area (Å²) in [6.07, 6.45) is 4.87. The van der Waals surface area contributed by atoms with Crippen molar-refractivity contribution in [1.82, 2.24) is 9.88 Å². The van der Waals surface area contributed by atoms with E-state index < -0.39 is 0 Å². The van der Waals surface area contributed by atoms with E-state index in [4.69, 9.17) is 4.74 Å². The molecule has 24 heavy (non-hydrogen) atoms. The van der Waals surface area contributed by atoms with E-state index in [-0.39, 0.29) is 12.1 Å². The van der Waals surface area contributed by atoms with Crippen molar-refractivity contribution in [2.75, 3.05) is 12.4 Å². The number of nitrogens with zero attached hydrogens (tertiary/aromatic N) is 2. The zero-order valence-electron chi connectivity index (χ0n) is 14.1. The first-order valence-corrected chi connectivity index (χ1v) is 9.18. The molecule has 2 aromatic rings. The molecule has 0 saturated heterocycles. The molecule has 1 fully saturated rings. The number of amides is 2. The molecule has 3 rings (SSSR count). The Labute approximate surface area is 146 Å². The number of aryl methyl sites for hydroxylation is 1. The van der Waals surface area contributed by atoms with E-state index >= 15 is 0 Å². The summed E-state index contributed by atoms with van der Waals surface area (Å²) in [5, 5.41) is 5.94. The Morgan fingerprint density at radius 2 is 2.12 bits per heavy atom. The SMILES string of the molecule is Cc1nc(CN(C)C(=O)Nc2ccccc2OC2CCCC2)cs1. The normalized spacial score (nSPS) is 14.6. The molecular weight excluding hydrogens is 322 g/mol. The van der Waals surface area contributed by atoms with Crippen molar-refractivity contribution in [2.24, 2.45) is 0 Å². The quantitative estimate of drug-likeness (QED) is 0.872. The van der Waals surface area contributed by atoms with E-state index in [1.54, 1.807) is 23.3 Å². The Bertz CT molecular complexity index is 695. The average Bonchev–Trinajstić information content (AvgIpc) is 3.21. The number of benzene rings is 1. The third-order valence-electron chi connectivity index (χ3n) is 4.14. The summed E-state index contributed by atoms with van der Waals surface area (Å²) in [5.74, 6) is 0.746. The average molecular weight is 345 g/mol. The van der Waals surface area contributed by atoms with Crippen LogP contribution in [0.4, 0.5) is 10.5 Å². The van der Waals surface area contributed by atoms with Crippen molar-refractivity contribution in [3.8, 4) is 5.75 Å². The maximum absolute atomic E-state index is 12.4. The standard InChI is InChI=1S/C18H23N3O2S/c1-13-19-14(12-24-13)11-21(2)18(22)20-16-9-5-6-10-17(16)23-15-7-3-4-8-15/h5-6,9-10,12,15H,3-4,7-8,11H2,1-2H3,(H,20,22). The molecule has 2 amide bonds. The van der Waals surface area contributed by atoms with Gasteiger partial charge in [-0.25, -0.2) is 9.78 Å². The van der Waals surface area contributed by atoms with E-state index in [1.165, 1.54) is 12.8 Å². The van der Waals surface area contributed by atoms with Gasteiger partial charge in [-0.3, -0.25) is 0 Å². The second-order valence-corrected chi connectivity index (χ2v) is 7.23. The van der Waals surface area contributed by atoms with E-state index in [0.29, 0.717) is 6.54 Å². The maximum Gasteiger partial charge on any atom is 0.322 e. The molecule has 1 aliphatic carbocycles. The van der Waals surface area contributed by atoms with Crippen molar-refractivity contribution in [1.29, 1.82) is 0 Å². The van der Waals surface area contributed by atoms with Crippen LogP contribution in [-0.2, 0) is 6.54 Å².